The Morgan fingerprint density at radius 3 is 2.79 bits per heavy atom. The number of carboxylic acids is 1. The van der Waals surface area contributed by atoms with Crippen LogP contribution in [0.15, 0.2) is 22.7 Å². The molecule has 1 saturated heterocycles. The molecule has 1 aliphatic rings. The van der Waals surface area contributed by atoms with Gasteiger partial charge in [-0.25, -0.2) is 0 Å². The summed E-state index contributed by atoms with van der Waals surface area (Å²) in [5, 5.41) is 9.13. The highest BCUT2D eigenvalue weighted by molar-refractivity contribution is 9.10. The van der Waals surface area contributed by atoms with Crippen molar-refractivity contribution in [2.45, 2.75) is 13.5 Å². The molecule has 1 aromatic rings. The Morgan fingerprint density at radius 1 is 1.53 bits per heavy atom. The van der Waals surface area contributed by atoms with Gasteiger partial charge in [-0.3, -0.25) is 9.69 Å². The van der Waals surface area contributed by atoms with E-state index in [-0.39, 0.29) is 11.8 Å². The molecule has 19 heavy (non-hydrogen) atoms. The molecule has 0 amide bonds. The maximum atomic E-state index is 11.1. The highest BCUT2D eigenvalue weighted by atomic mass is 79.9. The summed E-state index contributed by atoms with van der Waals surface area (Å²) in [6.45, 7) is 4.24. The van der Waals surface area contributed by atoms with Gasteiger partial charge in [0.2, 0.25) is 0 Å². The van der Waals surface area contributed by atoms with E-state index in [1.807, 2.05) is 25.1 Å². The largest absolute Gasteiger partial charge is 0.496 e. The molecule has 0 radical (unpaired) electrons. The van der Waals surface area contributed by atoms with Gasteiger partial charge in [-0.05, 0) is 39.5 Å². The number of ether oxygens (including phenoxy) is 1. The van der Waals surface area contributed by atoms with Gasteiger partial charge in [-0.15, -0.1) is 0 Å². The average Bonchev–Trinajstić information content (AvgIpc) is 2.70. The minimum Gasteiger partial charge on any atom is -0.496 e. The van der Waals surface area contributed by atoms with E-state index in [9.17, 15) is 4.79 Å². The van der Waals surface area contributed by atoms with Crippen LogP contribution in [0.1, 0.15) is 12.5 Å². The summed E-state index contributed by atoms with van der Waals surface area (Å²) >= 11 is 3.47. The minimum absolute atomic E-state index is 0.208. The number of likely N-dealkylation sites (tertiary alicyclic amines) is 1. The van der Waals surface area contributed by atoms with Crippen LogP contribution in [0.5, 0.6) is 5.75 Å². The summed E-state index contributed by atoms with van der Waals surface area (Å²) in [4.78, 5) is 13.3. The molecule has 0 bridgehead atoms. The van der Waals surface area contributed by atoms with E-state index in [4.69, 9.17) is 9.84 Å². The number of halogens is 1. The maximum absolute atomic E-state index is 11.1. The molecule has 1 fully saturated rings. The lowest BCUT2D eigenvalue weighted by Gasteiger charge is -2.16. The van der Waals surface area contributed by atoms with Crippen molar-refractivity contribution in [3.05, 3.63) is 28.2 Å². The van der Waals surface area contributed by atoms with Gasteiger partial charge < -0.3 is 9.84 Å². The molecule has 0 unspecified atom stereocenters. The molecule has 2 atom stereocenters. The Balaban J connectivity index is 2.03. The fourth-order valence-electron chi connectivity index (χ4n) is 2.58. The number of carboxylic acid groups (broad SMARTS) is 1. The van der Waals surface area contributed by atoms with Crippen molar-refractivity contribution in [1.29, 1.82) is 0 Å². The van der Waals surface area contributed by atoms with Crippen molar-refractivity contribution in [1.82, 2.24) is 4.90 Å². The Hall–Kier alpha value is -1.07. The van der Waals surface area contributed by atoms with Gasteiger partial charge in [0.05, 0.1) is 17.5 Å². The van der Waals surface area contributed by atoms with Crippen LogP contribution < -0.4 is 4.74 Å². The van der Waals surface area contributed by atoms with Crippen LogP contribution in [-0.4, -0.2) is 36.2 Å². The topological polar surface area (TPSA) is 49.8 Å². The number of hydrogen-bond donors (Lipinski definition) is 1. The third-order valence-corrected chi connectivity index (χ3v) is 4.25. The fraction of sp³-hybridized carbons (Fsp3) is 0.500. The molecule has 1 heterocycles. The van der Waals surface area contributed by atoms with Gasteiger partial charge in [-0.2, -0.15) is 0 Å². The van der Waals surface area contributed by atoms with Crippen LogP contribution in [-0.2, 0) is 11.3 Å². The van der Waals surface area contributed by atoms with Crippen LogP contribution >= 0.6 is 15.9 Å². The molecule has 1 aromatic carbocycles. The van der Waals surface area contributed by atoms with Crippen LogP contribution in [0.25, 0.3) is 0 Å². The minimum atomic E-state index is -0.689. The van der Waals surface area contributed by atoms with E-state index >= 15 is 0 Å². The number of methoxy groups -OCH3 is 1. The molecule has 0 saturated carbocycles. The number of nitrogens with zero attached hydrogens (tertiary/aromatic N) is 1. The number of carbonyl (C=O) groups is 1. The zero-order chi connectivity index (χ0) is 14.0. The Labute approximate surface area is 121 Å². The summed E-state index contributed by atoms with van der Waals surface area (Å²) in [6.07, 6.45) is 0. The van der Waals surface area contributed by atoms with E-state index < -0.39 is 5.97 Å². The predicted molar refractivity (Wildman–Crippen MR) is 76.3 cm³/mol. The van der Waals surface area contributed by atoms with E-state index in [0.717, 1.165) is 28.9 Å². The summed E-state index contributed by atoms with van der Waals surface area (Å²) in [5.74, 6) is 0.0775. The van der Waals surface area contributed by atoms with Crippen LogP contribution in [0.4, 0.5) is 0 Å². The molecule has 2 rings (SSSR count). The summed E-state index contributed by atoms with van der Waals surface area (Å²) in [7, 11) is 1.64. The van der Waals surface area contributed by atoms with E-state index in [1.165, 1.54) is 0 Å². The smallest absolute Gasteiger partial charge is 0.308 e. The predicted octanol–water partition coefficient (Wildman–Crippen LogP) is 2.61. The Kier molecular flexibility index (Phi) is 4.47. The average molecular weight is 328 g/mol. The van der Waals surface area contributed by atoms with Crippen molar-refractivity contribution in [3.63, 3.8) is 0 Å². The van der Waals surface area contributed by atoms with E-state index in [1.54, 1.807) is 7.11 Å². The molecular weight excluding hydrogens is 310 g/mol. The molecule has 0 spiro atoms. The first kappa shape index (κ1) is 14.3. The second-order valence-corrected chi connectivity index (χ2v) is 5.94. The molecular formula is C14H18BrNO3. The number of rotatable bonds is 4. The van der Waals surface area contributed by atoms with Crippen LogP contribution in [0.3, 0.4) is 0 Å². The SMILES string of the molecule is COc1ccc(CN2C[C@@H](C)[C@H](C(=O)O)C2)cc1Br. The van der Waals surface area contributed by atoms with Gasteiger partial charge in [0.25, 0.3) is 0 Å². The summed E-state index contributed by atoms with van der Waals surface area (Å²) in [5.41, 5.74) is 1.16. The number of benzene rings is 1. The Bertz CT molecular complexity index is 478. The van der Waals surface area contributed by atoms with Gasteiger partial charge in [0.15, 0.2) is 0 Å². The van der Waals surface area contributed by atoms with Crippen molar-refractivity contribution in [2.75, 3.05) is 20.2 Å². The molecule has 1 N–H and O–H groups in total. The van der Waals surface area contributed by atoms with Crippen molar-refractivity contribution >= 4 is 21.9 Å². The third-order valence-electron chi connectivity index (χ3n) is 3.63. The maximum Gasteiger partial charge on any atom is 0.308 e. The molecule has 5 heteroatoms. The highest BCUT2D eigenvalue weighted by Gasteiger charge is 2.34. The quantitative estimate of drug-likeness (QED) is 0.923. The lowest BCUT2D eigenvalue weighted by atomic mass is 9.99. The van der Waals surface area contributed by atoms with Gasteiger partial charge in [-0.1, -0.05) is 13.0 Å². The third kappa shape index (κ3) is 3.28. The standard InChI is InChI=1S/C14H18BrNO3/c1-9-6-16(8-11(9)14(17)18)7-10-3-4-13(19-2)12(15)5-10/h3-5,9,11H,6-8H2,1-2H3,(H,17,18)/t9-,11-/m1/s1. The second-order valence-electron chi connectivity index (χ2n) is 5.08. The first-order valence-corrected chi connectivity index (χ1v) is 7.08. The van der Waals surface area contributed by atoms with Crippen molar-refractivity contribution < 1.29 is 14.6 Å². The monoisotopic (exact) mass is 327 g/mol. The normalized spacial score (nSPS) is 23.5. The lowest BCUT2D eigenvalue weighted by Crippen LogP contribution is -2.23. The summed E-state index contributed by atoms with van der Waals surface area (Å²) in [6, 6.07) is 5.97. The number of hydrogen-bond acceptors (Lipinski definition) is 3. The molecule has 1 aliphatic heterocycles. The van der Waals surface area contributed by atoms with Gasteiger partial charge >= 0.3 is 5.97 Å². The Morgan fingerprint density at radius 2 is 2.26 bits per heavy atom. The molecule has 4 nitrogen and oxygen atoms in total. The van der Waals surface area contributed by atoms with Crippen LogP contribution in [0, 0.1) is 11.8 Å². The zero-order valence-corrected chi connectivity index (χ0v) is 12.7. The molecule has 104 valence electrons. The summed E-state index contributed by atoms with van der Waals surface area (Å²) < 4.78 is 6.12. The van der Waals surface area contributed by atoms with Crippen molar-refractivity contribution in [2.24, 2.45) is 11.8 Å². The fourth-order valence-corrected chi connectivity index (χ4v) is 3.17. The number of aliphatic carboxylic acids is 1. The molecule has 0 aromatic heterocycles. The second kappa shape index (κ2) is 5.92. The first-order chi connectivity index (χ1) is 9.01. The van der Waals surface area contributed by atoms with E-state index in [2.05, 4.69) is 20.8 Å². The van der Waals surface area contributed by atoms with Gasteiger partial charge in [0, 0.05) is 19.6 Å². The first-order valence-electron chi connectivity index (χ1n) is 6.29. The van der Waals surface area contributed by atoms with E-state index in [0.29, 0.717) is 6.54 Å². The van der Waals surface area contributed by atoms with Gasteiger partial charge in [0.1, 0.15) is 5.75 Å². The van der Waals surface area contributed by atoms with Crippen molar-refractivity contribution in [3.8, 4) is 5.75 Å². The lowest BCUT2D eigenvalue weighted by molar-refractivity contribution is -0.142. The van der Waals surface area contributed by atoms with Crippen LogP contribution in [0.2, 0.25) is 0 Å². The highest BCUT2D eigenvalue weighted by Crippen LogP contribution is 2.28. The zero-order valence-electron chi connectivity index (χ0n) is 11.1. The molecule has 0 aliphatic carbocycles.